The highest BCUT2D eigenvalue weighted by Crippen LogP contribution is 2.35. The molecule has 0 radical (unpaired) electrons. The summed E-state index contributed by atoms with van der Waals surface area (Å²) in [6, 6.07) is 12.0. The fraction of sp³-hybridized carbons (Fsp3) is 0.250. The number of carboxylic acid groups (broad SMARTS) is 1. The second kappa shape index (κ2) is 6.63. The zero-order valence-electron chi connectivity index (χ0n) is 14.2. The van der Waals surface area contributed by atoms with E-state index in [0.717, 1.165) is 16.9 Å². The van der Waals surface area contributed by atoms with Crippen molar-refractivity contribution < 1.29 is 14.7 Å². The summed E-state index contributed by atoms with van der Waals surface area (Å²) >= 11 is 0. The first kappa shape index (κ1) is 16.3. The number of aromatic carboxylic acids is 1. The molecule has 0 saturated heterocycles. The number of carboxylic acids is 1. The van der Waals surface area contributed by atoms with Gasteiger partial charge in [0.15, 0.2) is 0 Å². The van der Waals surface area contributed by atoms with Gasteiger partial charge >= 0.3 is 5.97 Å². The van der Waals surface area contributed by atoms with E-state index in [1.807, 2.05) is 18.2 Å². The predicted molar refractivity (Wildman–Crippen MR) is 98.4 cm³/mol. The zero-order chi connectivity index (χ0) is 18.1. The predicted octanol–water partition coefficient (Wildman–Crippen LogP) is 3.71. The van der Waals surface area contributed by atoms with E-state index in [9.17, 15) is 9.59 Å². The number of hydrogen-bond acceptors (Lipinski definition) is 3. The number of aromatic nitrogens is 2. The summed E-state index contributed by atoms with van der Waals surface area (Å²) < 4.78 is 0. The summed E-state index contributed by atoms with van der Waals surface area (Å²) in [5.41, 5.74) is 3.35. The highest BCUT2D eigenvalue weighted by Gasteiger charge is 2.22. The van der Waals surface area contributed by atoms with E-state index in [1.54, 1.807) is 12.1 Å². The summed E-state index contributed by atoms with van der Waals surface area (Å²) in [6.45, 7) is 0. The van der Waals surface area contributed by atoms with E-state index < -0.39 is 5.97 Å². The molecule has 1 amide bonds. The van der Waals surface area contributed by atoms with Crippen LogP contribution in [-0.4, -0.2) is 27.0 Å². The van der Waals surface area contributed by atoms with Crippen LogP contribution in [0.1, 0.15) is 46.9 Å². The number of imidazole rings is 1. The lowest BCUT2D eigenvalue weighted by Gasteiger charge is -2.22. The standard InChI is InChI=1S/C20H19N3O3/c24-18(10-12-3-1-6-14(9-12)20(25)26)21-15-7-8-16-17(11-15)23-19(22-16)13-4-2-5-13/h1,3,6-9,11,13H,2,4-5,10H2,(H,21,24)(H,22,23)(H,25,26). The van der Waals surface area contributed by atoms with Gasteiger partial charge in [0, 0.05) is 11.6 Å². The van der Waals surface area contributed by atoms with Crippen LogP contribution in [0.3, 0.4) is 0 Å². The van der Waals surface area contributed by atoms with Crippen LogP contribution in [0.25, 0.3) is 11.0 Å². The van der Waals surface area contributed by atoms with Gasteiger partial charge in [-0.3, -0.25) is 4.79 Å². The maximum Gasteiger partial charge on any atom is 0.335 e. The molecule has 3 N–H and O–H groups in total. The maximum absolute atomic E-state index is 12.3. The number of hydrogen-bond donors (Lipinski definition) is 3. The second-order valence-corrected chi connectivity index (χ2v) is 6.71. The molecule has 4 rings (SSSR count). The maximum atomic E-state index is 12.3. The van der Waals surface area contributed by atoms with Crippen LogP contribution in [0.4, 0.5) is 5.69 Å². The van der Waals surface area contributed by atoms with Crippen LogP contribution < -0.4 is 5.32 Å². The fourth-order valence-electron chi connectivity index (χ4n) is 3.19. The van der Waals surface area contributed by atoms with Crippen molar-refractivity contribution in [1.29, 1.82) is 0 Å². The van der Waals surface area contributed by atoms with Crippen LogP contribution in [0.5, 0.6) is 0 Å². The number of anilines is 1. The lowest BCUT2D eigenvalue weighted by molar-refractivity contribution is -0.115. The van der Waals surface area contributed by atoms with Crippen molar-refractivity contribution in [2.45, 2.75) is 31.6 Å². The summed E-state index contributed by atoms with van der Waals surface area (Å²) in [5, 5.41) is 11.9. The minimum absolute atomic E-state index is 0.120. The third kappa shape index (κ3) is 3.31. The molecular formula is C20H19N3O3. The molecule has 0 atom stereocenters. The van der Waals surface area contributed by atoms with Gasteiger partial charge in [-0.2, -0.15) is 0 Å². The molecule has 6 heteroatoms. The second-order valence-electron chi connectivity index (χ2n) is 6.71. The van der Waals surface area contributed by atoms with Gasteiger partial charge < -0.3 is 15.4 Å². The van der Waals surface area contributed by atoms with Gasteiger partial charge in [-0.15, -0.1) is 0 Å². The average molecular weight is 349 g/mol. The van der Waals surface area contributed by atoms with Crippen LogP contribution in [0.15, 0.2) is 42.5 Å². The van der Waals surface area contributed by atoms with Crippen molar-refractivity contribution in [3.8, 4) is 0 Å². The first-order valence-corrected chi connectivity index (χ1v) is 8.70. The third-order valence-corrected chi connectivity index (χ3v) is 4.81. The third-order valence-electron chi connectivity index (χ3n) is 4.81. The fourth-order valence-corrected chi connectivity index (χ4v) is 3.19. The molecule has 1 heterocycles. The minimum atomic E-state index is -1.00. The number of amides is 1. The summed E-state index contributed by atoms with van der Waals surface area (Å²) in [5.74, 6) is 0.368. The Morgan fingerprint density at radius 2 is 2.04 bits per heavy atom. The number of carbonyl (C=O) groups excluding carboxylic acids is 1. The van der Waals surface area contributed by atoms with E-state index in [1.165, 1.54) is 31.4 Å². The Bertz CT molecular complexity index is 989. The van der Waals surface area contributed by atoms with E-state index >= 15 is 0 Å². The molecule has 2 aromatic carbocycles. The molecule has 0 bridgehead atoms. The first-order valence-electron chi connectivity index (χ1n) is 8.70. The average Bonchev–Trinajstić information content (AvgIpc) is 2.95. The number of nitrogens with zero attached hydrogens (tertiary/aromatic N) is 1. The van der Waals surface area contributed by atoms with Crippen LogP contribution in [-0.2, 0) is 11.2 Å². The summed E-state index contributed by atoms with van der Waals surface area (Å²) in [7, 11) is 0. The van der Waals surface area contributed by atoms with E-state index in [0.29, 0.717) is 17.2 Å². The molecule has 0 spiro atoms. The largest absolute Gasteiger partial charge is 0.478 e. The van der Waals surface area contributed by atoms with Gasteiger partial charge in [-0.1, -0.05) is 18.6 Å². The summed E-state index contributed by atoms with van der Waals surface area (Å²) in [6.07, 6.45) is 3.74. The van der Waals surface area contributed by atoms with Crippen LogP contribution in [0, 0.1) is 0 Å². The monoisotopic (exact) mass is 349 g/mol. The molecule has 1 aromatic heterocycles. The lowest BCUT2D eigenvalue weighted by atomic mass is 9.85. The highest BCUT2D eigenvalue weighted by molar-refractivity contribution is 5.95. The van der Waals surface area contributed by atoms with E-state index in [4.69, 9.17) is 5.11 Å². The van der Waals surface area contributed by atoms with Crippen LogP contribution >= 0.6 is 0 Å². The van der Waals surface area contributed by atoms with Gasteiger partial charge in [-0.05, 0) is 48.7 Å². The normalized spacial score (nSPS) is 14.2. The number of aromatic amines is 1. The number of fused-ring (bicyclic) bond motifs is 1. The smallest absolute Gasteiger partial charge is 0.335 e. The molecule has 1 saturated carbocycles. The topological polar surface area (TPSA) is 95.1 Å². The molecule has 1 aliphatic rings. The molecule has 1 fully saturated rings. The number of H-pyrrole nitrogens is 1. The van der Waals surface area contributed by atoms with Crippen LogP contribution in [0.2, 0.25) is 0 Å². The zero-order valence-corrected chi connectivity index (χ0v) is 14.2. The summed E-state index contributed by atoms with van der Waals surface area (Å²) in [4.78, 5) is 31.3. The molecule has 1 aliphatic carbocycles. The molecule has 6 nitrogen and oxygen atoms in total. The molecule has 0 unspecified atom stereocenters. The Morgan fingerprint density at radius 3 is 2.77 bits per heavy atom. The number of rotatable bonds is 5. The van der Waals surface area contributed by atoms with Crippen molar-refractivity contribution in [3.05, 3.63) is 59.4 Å². The van der Waals surface area contributed by atoms with Crippen molar-refractivity contribution in [2.24, 2.45) is 0 Å². The highest BCUT2D eigenvalue weighted by atomic mass is 16.4. The Kier molecular flexibility index (Phi) is 4.16. The van der Waals surface area contributed by atoms with E-state index in [2.05, 4.69) is 15.3 Å². The Morgan fingerprint density at radius 1 is 1.19 bits per heavy atom. The number of carbonyl (C=O) groups is 2. The van der Waals surface area contributed by atoms with Crippen molar-refractivity contribution >= 4 is 28.6 Å². The Labute approximate surface area is 150 Å². The lowest BCUT2D eigenvalue weighted by Crippen LogP contribution is -2.14. The Hall–Kier alpha value is -3.15. The van der Waals surface area contributed by atoms with Gasteiger partial charge in [0.25, 0.3) is 0 Å². The SMILES string of the molecule is O=C(Cc1cccc(C(=O)O)c1)Nc1ccc2nc(C3CCC3)[nH]c2c1. The molecule has 3 aromatic rings. The first-order chi connectivity index (χ1) is 12.6. The van der Waals surface area contributed by atoms with Crippen molar-refractivity contribution in [2.75, 3.05) is 5.32 Å². The van der Waals surface area contributed by atoms with Gasteiger partial charge in [0.05, 0.1) is 23.0 Å². The van der Waals surface area contributed by atoms with Gasteiger partial charge in [-0.25, -0.2) is 9.78 Å². The van der Waals surface area contributed by atoms with Crippen molar-refractivity contribution in [3.63, 3.8) is 0 Å². The molecule has 0 aliphatic heterocycles. The van der Waals surface area contributed by atoms with Crippen molar-refractivity contribution in [1.82, 2.24) is 9.97 Å². The molecule has 26 heavy (non-hydrogen) atoms. The number of nitrogens with one attached hydrogen (secondary N) is 2. The molecular weight excluding hydrogens is 330 g/mol. The van der Waals surface area contributed by atoms with E-state index in [-0.39, 0.29) is 17.9 Å². The quantitative estimate of drug-likeness (QED) is 0.654. The van der Waals surface area contributed by atoms with Gasteiger partial charge in [0.1, 0.15) is 5.82 Å². The number of benzene rings is 2. The minimum Gasteiger partial charge on any atom is -0.478 e. The Balaban J connectivity index is 1.46. The van der Waals surface area contributed by atoms with Gasteiger partial charge in [0.2, 0.25) is 5.91 Å². The molecule has 132 valence electrons.